The molecule has 0 aromatic carbocycles. The zero-order valence-electron chi connectivity index (χ0n) is 10.1. The van der Waals surface area contributed by atoms with Crippen LogP contribution in [0.4, 0.5) is 14.7 Å². The van der Waals surface area contributed by atoms with Crippen LogP contribution < -0.4 is 5.73 Å². The predicted octanol–water partition coefficient (Wildman–Crippen LogP) is 0.324. The van der Waals surface area contributed by atoms with E-state index in [0.717, 1.165) is 0 Å². The molecule has 2 rings (SSSR count). The molecule has 2 aromatic rings. The maximum absolute atomic E-state index is 12.8. The van der Waals surface area contributed by atoms with Gasteiger partial charge >= 0.3 is 0 Å². The number of halogens is 2. The van der Waals surface area contributed by atoms with Crippen LogP contribution in [0, 0.1) is 0 Å². The molecular weight excluding hydrogens is 295 g/mol. The molecule has 0 saturated heterocycles. The molecule has 3 N–H and O–H groups in total. The number of anilines is 1. The normalized spacial score (nSPS) is 14.8. The molecule has 11 heteroatoms. The van der Waals surface area contributed by atoms with E-state index in [2.05, 4.69) is 15.1 Å². The first-order valence-electron chi connectivity index (χ1n) is 5.53. The predicted molar refractivity (Wildman–Crippen MR) is 65.9 cm³/mol. The van der Waals surface area contributed by atoms with E-state index in [4.69, 9.17) is 15.4 Å². The van der Waals surface area contributed by atoms with E-state index in [1.54, 1.807) is 0 Å². The van der Waals surface area contributed by atoms with Crippen molar-refractivity contribution in [3.8, 4) is 0 Å². The van der Waals surface area contributed by atoms with Crippen molar-refractivity contribution < 1.29 is 23.0 Å². The van der Waals surface area contributed by atoms with Crippen molar-refractivity contribution in [2.24, 2.45) is 0 Å². The van der Waals surface area contributed by atoms with Gasteiger partial charge in [0, 0.05) is 12.0 Å². The molecule has 8 nitrogen and oxygen atoms in total. The van der Waals surface area contributed by atoms with Crippen molar-refractivity contribution in [2.75, 3.05) is 12.1 Å². The summed E-state index contributed by atoms with van der Waals surface area (Å²) in [7, 11) is -2.96. The van der Waals surface area contributed by atoms with Crippen LogP contribution in [-0.4, -0.2) is 43.4 Å². The third-order valence-corrected chi connectivity index (χ3v) is 2.94. The fourth-order valence-electron chi connectivity index (χ4n) is 1.64. The minimum Gasteiger partial charge on any atom is -0.368 e. The summed E-state index contributed by atoms with van der Waals surface area (Å²) in [5.74, 6) is 0.0798. The Morgan fingerprint density at radius 2 is 2.25 bits per heavy atom. The number of aromatic nitrogens is 4. The van der Waals surface area contributed by atoms with Gasteiger partial charge in [-0.1, -0.05) is 0 Å². The molecule has 110 valence electrons. The Hall–Kier alpha value is -1.64. The summed E-state index contributed by atoms with van der Waals surface area (Å²) in [4.78, 5) is 16.3. The van der Waals surface area contributed by atoms with Gasteiger partial charge < -0.3 is 15.4 Å². The van der Waals surface area contributed by atoms with Crippen LogP contribution in [-0.2, 0) is 15.7 Å². The van der Waals surface area contributed by atoms with Gasteiger partial charge in [0.1, 0.15) is 18.8 Å². The lowest BCUT2D eigenvalue weighted by Crippen LogP contribution is -2.24. The Morgan fingerprint density at radius 3 is 2.90 bits per heavy atom. The Balaban J connectivity index is 2.20. The fourth-order valence-corrected chi connectivity index (χ4v) is 1.99. The van der Waals surface area contributed by atoms with Crippen LogP contribution in [0.1, 0.15) is 5.56 Å². The number of hydrogen-bond acceptors (Lipinski definition) is 6. The Kier molecular flexibility index (Phi) is 4.58. The summed E-state index contributed by atoms with van der Waals surface area (Å²) in [5, 5.41) is 3.89. The smallest absolute Gasteiger partial charge is 0.264 e. The second-order valence-electron chi connectivity index (χ2n) is 3.92. The maximum atomic E-state index is 12.8. The van der Waals surface area contributed by atoms with Gasteiger partial charge in [0.15, 0.2) is 5.65 Å². The van der Waals surface area contributed by atoms with E-state index in [1.807, 2.05) is 0 Å². The summed E-state index contributed by atoms with van der Waals surface area (Å²) in [6.07, 6.45) is -2.60. The molecule has 0 saturated carbocycles. The molecule has 20 heavy (non-hydrogen) atoms. The monoisotopic (exact) mass is 307 g/mol. The van der Waals surface area contributed by atoms with Gasteiger partial charge in [0.25, 0.3) is 6.43 Å². The lowest BCUT2D eigenvalue weighted by molar-refractivity contribution is -0.0399. The van der Waals surface area contributed by atoms with Gasteiger partial charge in [-0.25, -0.2) is 18.7 Å². The molecule has 0 spiro atoms. The fraction of sp³-hybridized carbons (Fsp3) is 0.444. The second-order valence-corrected chi connectivity index (χ2v) is 5.00. The lowest BCUT2D eigenvalue weighted by Gasteiger charge is -2.15. The van der Waals surface area contributed by atoms with Crippen LogP contribution in [0.25, 0.3) is 5.65 Å². The molecule has 0 aliphatic carbocycles. The highest BCUT2D eigenvalue weighted by molar-refractivity contribution is 7.37. The van der Waals surface area contributed by atoms with Crippen LogP contribution in [0.5, 0.6) is 0 Å². The Morgan fingerprint density at radius 1 is 1.50 bits per heavy atom. The van der Waals surface area contributed by atoms with Crippen molar-refractivity contribution in [1.29, 1.82) is 0 Å². The summed E-state index contributed by atoms with van der Waals surface area (Å²) in [6, 6.07) is 0. The van der Waals surface area contributed by atoms with E-state index in [9.17, 15) is 13.3 Å². The zero-order valence-corrected chi connectivity index (χ0v) is 11.1. The van der Waals surface area contributed by atoms with E-state index < -0.39 is 26.9 Å². The standard InChI is InChI=1S/C9H12F2N5O3P/c10-7(11)6(19-4-20(17)18)1-5-2-15-16-8(5)13-3-14-9(16)12/h2-3,6-7,20H,1,4H2,(H,17,18)(H2,12,13,14)/t6-/m1/s1. The number of hydrogen-bond donors (Lipinski definition) is 2. The first kappa shape index (κ1) is 14.8. The number of nitrogens with zero attached hydrogens (tertiary/aromatic N) is 4. The van der Waals surface area contributed by atoms with Crippen molar-refractivity contribution in [3.05, 3.63) is 18.1 Å². The number of nitrogen functional groups attached to an aromatic ring is 1. The SMILES string of the molecule is Nc1ncnc2c(C[C@@H](OC[PH](=O)O)C(F)F)cnn12. The molecule has 0 fully saturated rings. The molecule has 0 bridgehead atoms. The average molecular weight is 307 g/mol. The average Bonchev–Trinajstić information content (AvgIpc) is 2.78. The largest absolute Gasteiger partial charge is 0.368 e. The number of fused-ring (bicyclic) bond motifs is 1. The molecule has 2 atom stereocenters. The highest BCUT2D eigenvalue weighted by atomic mass is 31.1. The number of nitrogens with two attached hydrogens (primary N) is 1. The summed E-state index contributed by atoms with van der Waals surface area (Å²) < 4.78 is 42.2. The molecule has 0 aliphatic rings. The van der Waals surface area contributed by atoms with E-state index >= 15 is 0 Å². The molecule has 2 heterocycles. The zero-order chi connectivity index (χ0) is 14.7. The summed E-state index contributed by atoms with van der Waals surface area (Å²) in [5.41, 5.74) is 6.24. The van der Waals surface area contributed by atoms with Gasteiger partial charge in [-0.3, -0.25) is 4.57 Å². The van der Waals surface area contributed by atoms with Crippen LogP contribution in [0.2, 0.25) is 0 Å². The van der Waals surface area contributed by atoms with Crippen molar-refractivity contribution in [1.82, 2.24) is 19.6 Å². The van der Waals surface area contributed by atoms with Crippen LogP contribution in [0.15, 0.2) is 12.5 Å². The number of rotatable bonds is 6. The van der Waals surface area contributed by atoms with E-state index in [0.29, 0.717) is 11.2 Å². The van der Waals surface area contributed by atoms with E-state index in [-0.39, 0.29) is 12.4 Å². The number of ether oxygens (including phenoxy) is 1. The van der Waals surface area contributed by atoms with Crippen LogP contribution in [0.3, 0.4) is 0 Å². The maximum Gasteiger partial charge on any atom is 0.264 e. The lowest BCUT2D eigenvalue weighted by atomic mass is 10.1. The van der Waals surface area contributed by atoms with Crippen molar-refractivity contribution in [3.63, 3.8) is 0 Å². The Labute approximate surface area is 112 Å². The molecule has 1 unspecified atom stereocenters. The topological polar surface area (TPSA) is 116 Å². The highest BCUT2D eigenvalue weighted by Crippen LogP contribution is 2.21. The molecular formula is C9H12F2N5O3P. The van der Waals surface area contributed by atoms with Crippen molar-refractivity contribution >= 4 is 19.6 Å². The minimum atomic E-state index is -2.96. The van der Waals surface area contributed by atoms with Crippen LogP contribution >= 0.6 is 8.03 Å². The Bertz CT molecular complexity index is 623. The quantitative estimate of drug-likeness (QED) is 0.738. The van der Waals surface area contributed by atoms with Gasteiger partial charge in [-0.05, 0) is 0 Å². The molecule has 2 aromatic heterocycles. The summed E-state index contributed by atoms with van der Waals surface area (Å²) in [6.45, 7) is 0. The minimum absolute atomic E-state index is 0.0798. The van der Waals surface area contributed by atoms with Gasteiger partial charge in [0.05, 0.1) is 6.20 Å². The third kappa shape index (κ3) is 3.27. The molecule has 0 radical (unpaired) electrons. The second kappa shape index (κ2) is 6.21. The number of alkyl halides is 2. The van der Waals surface area contributed by atoms with Gasteiger partial charge in [-0.15, -0.1) is 0 Å². The van der Waals surface area contributed by atoms with Crippen molar-refractivity contribution in [2.45, 2.75) is 19.0 Å². The highest BCUT2D eigenvalue weighted by Gasteiger charge is 2.24. The molecule has 0 aliphatic heterocycles. The van der Waals surface area contributed by atoms with Gasteiger partial charge in [0.2, 0.25) is 14.0 Å². The van der Waals surface area contributed by atoms with E-state index in [1.165, 1.54) is 17.0 Å². The first-order valence-corrected chi connectivity index (χ1v) is 7.10. The van der Waals surface area contributed by atoms with Gasteiger partial charge in [-0.2, -0.15) is 9.61 Å². The molecule has 0 amide bonds. The summed E-state index contributed by atoms with van der Waals surface area (Å²) >= 11 is 0. The third-order valence-electron chi connectivity index (χ3n) is 2.53. The first-order chi connectivity index (χ1) is 9.49.